The summed E-state index contributed by atoms with van der Waals surface area (Å²) in [5.74, 6) is 2.75. The zero-order valence-electron chi connectivity index (χ0n) is 16.7. The van der Waals surface area contributed by atoms with Gasteiger partial charge in [-0.1, -0.05) is 30.3 Å². The van der Waals surface area contributed by atoms with Crippen LogP contribution in [-0.2, 0) is 11.3 Å². The van der Waals surface area contributed by atoms with Gasteiger partial charge in [0.2, 0.25) is 0 Å². The lowest BCUT2D eigenvalue weighted by Crippen LogP contribution is -2.46. The van der Waals surface area contributed by atoms with Gasteiger partial charge in [-0.15, -0.1) is 24.0 Å². The number of morpholine rings is 1. The average molecular weight is 498 g/mol. The number of aryl methyl sites for hydroxylation is 1. The van der Waals surface area contributed by atoms with Crippen molar-refractivity contribution in [3.05, 3.63) is 59.5 Å². The van der Waals surface area contributed by atoms with E-state index in [1.54, 1.807) is 0 Å². The summed E-state index contributed by atoms with van der Waals surface area (Å²) in [7, 11) is 0. The fourth-order valence-electron chi connectivity index (χ4n) is 3.22. The number of halogens is 1. The van der Waals surface area contributed by atoms with E-state index in [-0.39, 0.29) is 30.0 Å². The minimum absolute atomic E-state index is 0. The maximum Gasteiger partial charge on any atom is 0.191 e. The van der Waals surface area contributed by atoms with Crippen LogP contribution in [0, 0.1) is 6.92 Å². The second-order valence-corrected chi connectivity index (χ2v) is 6.67. The number of ether oxygens (including phenoxy) is 1. The van der Waals surface area contributed by atoms with E-state index in [1.807, 2.05) is 31.2 Å². The Kier molecular flexibility index (Phi) is 9.80. The molecule has 7 heteroatoms. The van der Waals surface area contributed by atoms with Crippen molar-refractivity contribution in [2.24, 2.45) is 4.99 Å². The summed E-state index contributed by atoms with van der Waals surface area (Å²) in [5, 5.41) is 6.83. The van der Waals surface area contributed by atoms with Gasteiger partial charge in [0.1, 0.15) is 11.5 Å². The van der Waals surface area contributed by atoms with Gasteiger partial charge in [-0.2, -0.15) is 0 Å². The molecule has 2 N–H and O–H groups in total. The fraction of sp³-hybridized carbons (Fsp3) is 0.476. The number of guanidine groups is 1. The molecule has 154 valence electrons. The monoisotopic (exact) mass is 498 g/mol. The van der Waals surface area contributed by atoms with Crippen LogP contribution in [0.1, 0.15) is 30.0 Å². The van der Waals surface area contributed by atoms with E-state index in [0.717, 1.165) is 56.9 Å². The van der Waals surface area contributed by atoms with E-state index >= 15 is 0 Å². The van der Waals surface area contributed by atoms with Crippen LogP contribution in [-0.4, -0.2) is 50.3 Å². The summed E-state index contributed by atoms with van der Waals surface area (Å²) in [4.78, 5) is 7.13. The highest BCUT2D eigenvalue weighted by Gasteiger charge is 2.25. The van der Waals surface area contributed by atoms with Crippen molar-refractivity contribution in [1.82, 2.24) is 15.5 Å². The van der Waals surface area contributed by atoms with E-state index in [4.69, 9.17) is 14.1 Å². The Morgan fingerprint density at radius 3 is 2.50 bits per heavy atom. The number of hydrogen-bond donors (Lipinski definition) is 2. The molecule has 1 aliphatic heterocycles. The van der Waals surface area contributed by atoms with Crippen LogP contribution in [0.15, 0.2) is 51.9 Å². The molecule has 2 aromatic rings. The maximum absolute atomic E-state index is 5.94. The third kappa shape index (κ3) is 6.79. The molecule has 28 heavy (non-hydrogen) atoms. The van der Waals surface area contributed by atoms with Crippen LogP contribution >= 0.6 is 24.0 Å². The van der Waals surface area contributed by atoms with Crippen molar-refractivity contribution in [2.75, 3.05) is 39.4 Å². The topological polar surface area (TPSA) is 62.0 Å². The Morgan fingerprint density at radius 2 is 1.86 bits per heavy atom. The number of furan rings is 1. The molecular weight excluding hydrogens is 467 g/mol. The molecule has 0 spiro atoms. The molecule has 1 saturated heterocycles. The lowest BCUT2D eigenvalue weighted by molar-refractivity contribution is 0.0124. The molecule has 0 radical (unpaired) electrons. The molecule has 6 nitrogen and oxygen atoms in total. The summed E-state index contributed by atoms with van der Waals surface area (Å²) in [6, 6.07) is 14.5. The number of rotatable bonds is 7. The normalized spacial score (nSPS) is 16.3. The lowest BCUT2D eigenvalue weighted by atomic mass is 10.1. The molecule has 1 fully saturated rings. The van der Waals surface area contributed by atoms with Crippen LogP contribution in [0.2, 0.25) is 0 Å². The smallest absolute Gasteiger partial charge is 0.191 e. The molecule has 1 atom stereocenters. The van der Waals surface area contributed by atoms with Crippen molar-refractivity contribution in [3.63, 3.8) is 0 Å². The average Bonchev–Trinajstić information content (AvgIpc) is 3.14. The molecule has 0 aliphatic carbocycles. The number of benzene rings is 1. The van der Waals surface area contributed by atoms with Gasteiger partial charge in [0.15, 0.2) is 5.96 Å². The predicted octanol–water partition coefficient (Wildman–Crippen LogP) is 3.33. The number of nitrogens with one attached hydrogen (secondary N) is 2. The van der Waals surface area contributed by atoms with E-state index in [2.05, 4.69) is 40.7 Å². The van der Waals surface area contributed by atoms with Crippen LogP contribution in [0.4, 0.5) is 0 Å². The minimum atomic E-state index is 0. The van der Waals surface area contributed by atoms with E-state index in [1.165, 1.54) is 5.56 Å². The van der Waals surface area contributed by atoms with Crippen LogP contribution in [0.25, 0.3) is 0 Å². The second-order valence-electron chi connectivity index (χ2n) is 6.67. The molecule has 1 aromatic carbocycles. The van der Waals surface area contributed by atoms with Gasteiger partial charge in [-0.25, -0.2) is 4.99 Å². The second kappa shape index (κ2) is 12.1. The van der Waals surface area contributed by atoms with Gasteiger partial charge in [0, 0.05) is 26.2 Å². The predicted molar refractivity (Wildman–Crippen MR) is 123 cm³/mol. The zero-order valence-corrected chi connectivity index (χ0v) is 19.0. The molecule has 0 bridgehead atoms. The van der Waals surface area contributed by atoms with Gasteiger partial charge in [-0.3, -0.25) is 4.90 Å². The van der Waals surface area contributed by atoms with Crippen LogP contribution < -0.4 is 10.6 Å². The molecule has 1 unspecified atom stereocenters. The first-order valence-electron chi connectivity index (χ1n) is 9.70. The Labute approximate surface area is 184 Å². The van der Waals surface area contributed by atoms with Crippen molar-refractivity contribution in [1.29, 1.82) is 0 Å². The standard InChI is InChI=1S/C21H30N4O2.HI/c1-3-22-21(23-15-18-7-5-4-6-8-18)24-16-19(20-10-9-17(2)27-20)25-11-13-26-14-12-25;/h4-10,19H,3,11-16H2,1-2H3,(H2,22,23,24);1H. The molecule has 2 heterocycles. The van der Waals surface area contributed by atoms with Gasteiger partial charge in [0.05, 0.1) is 25.8 Å². The molecule has 3 rings (SSSR count). The molecule has 1 aliphatic rings. The Morgan fingerprint density at radius 1 is 1.11 bits per heavy atom. The molecule has 0 saturated carbocycles. The van der Waals surface area contributed by atoms with Crippen molar-refractivity contribution in [2.45, 2.75) is 26.4 Å². The summed E-state index contributed by atoms with van der Waals surface area (Å²) < 4.78 is 11.5. The van der Waals surface area contributed by atoms with Gasteiger partial charge in [-0.05, 0) is 31.5 Å². The highest BCUT2D eigenvalue weighted by atomic mass is 127. The Balaban J connectivity index is 0.00000280. The first kappa shape index (κ1) is 22.7. The third-order valence-corrected chi connectivity index (χ3v) is 4.65. The molecule has 1 aromatic heterocycles. The summed E-state index contributed by atoms with van der Waals surface area (Å²) in [6.07, 6.45) is 0. The zero-order chi connectivity index (χ0) is 18.9. The number of nitrogens with zero attached hydrogens (tertiary/aromatic N) is 2. The van der Waals surface area contributed by atoms with Crippen LogP contribution in [0.5, 0.6) is 0 Å². The Hall–Kier alpha value is -1.58. The van der Waals surface area contributed by atoms with E-state index in [9.17, 15) is 0 Å². The highest BCUT2D eigenvalue weighted by Crippen LogP contribution is 2.23. The van der Waals surface area contributed by atoms with Gasteiger partial charge < -0.3 is 19.8 Å². The van der Waals surface area contributed by atoms with Crippen molar-refractivity contribution in [3.8, 4) is 0 Å². The third-order valence-electron chi connectivity index (χ3n) is 4.65. The number of hydrogen-bond acceptors (Lipinski definition) is 4. The molecular formula is C21H31IN4O2. The maximum atomic E-state index is 5.94. The molecule has 0 amide bonds. The SMILES string of the molecule is CCNC(=NCc1ccccc1)NCC(c1ccc(C)o1)N1CCOCC1.I. The van der Waals surface area contributed by atoms with E-state index < -0.39 is 0 Å². The van der Waals surface area contributed by atoms with Crippen LogP contribution in [0.3, 0.4) is 0 Å². The fourth-order valence-corrected chi connectivity index (χ4v) is 3.22. The van der Waals surface area contributed by atoms with Gasteiger partial charge in [0.25, 0.3) is 0 Å². The number of aliphatic imine (C=N–C) groups is 1. The lowest BCUT2D eigenvalue weighted by Gasteiger charge is -2.33. The summed E-state index contributed by atoms with van der Waals surface area (Å²) >= 11 is 0. The largest absolute Gasteiger partial charge is 0.465 e. The van der Waals surface area contributed by atoms with E-state index in [0.29, 0.717) is 6.54 Å². The Bertz CT molecular complexity index is 714. The minimum Gasteiger partial charge on any atom is -0.465 e. The first-order valence-corrected chi connectivity index (χ1v) is 9.70. The quantitative estimate of drug-likeness (QED) is 0.349. The van der Waals surface area contributed by atoms with Crippen molar-refractivity contribution >= 4 is 29.9 Å². The van der Waals surface area contributed by atoms with Crippen molar-refractivity contribution < 1.29 is 9.15 Å². The summed E-state index contributed by atoms with van der Waals surface area (Å²) in [5.41, 5.74) is 1.20. The first-order chi connectivity index (χ1) is 13.3. The highest BCUT2D eigenvalue weighted by molar-refractivity contribution is 14.0. The van der Waals surface area contributed by atoms with Gasteiger partial charge >= 0.3 is 0 Å². The summed E-state index contributed by atoms with van der Waals surface area (Å²) in [6.45, 7) is 9.60.